The zero-order chi connectivity index (χ0) is 24.2. The summed E-state index contributed by atoms with van der Waals surface area (Å²) in [5.74, 6) is 0.417. The number of hydrogen-bond donors (Lipinski definition) is 3. The van der Waals surface area contributed by atoms with Crippen LogP contribution in [0.4, 0.5) is 10.5 Å². The molecule has 2 amide bonds. The topological polar surface area (TPSA) is 114 Å². The van der Waals surface area contributed by atoms with E-state index in [0.717, 1.165) is 52.7 Å². The third-order valence-electron chi connectivity index (χ3n) is 5.74. The van der Waals surface area contributed by atoms with Crippen LogP contribution in [0.2, 0.25) is 0 Å². The lowest BCUT2D eigenvalue weighted by molar-refractivity contribution is 0.257. The molecule has 0 saturated heterocycles. The van der Waals surface area contributed by atoms with Crippen molar-refractivity contribution in [3.63, 3.8) is 0 Å². The molecule has 0 radical (unpaired) electrons. The van der Waals surface area contributed by atoms with Crippen molar-refractivity contribution >= 4 is 34.4 Å². The molecule has 1 aliphatic carbocycles. The molecule has 0 fully saturated rings. The van der Waals surface area contributed by atoms with Gasteiger partial charge in [0.15, 0.2) is 11.0 Å². The standard InChI is InChI=1S/C25H30N6O2S/c1-16(2)15-27-10-8-22(26)34(33)30-25(32)29-24-21-6-4-5-18(21)13-17(3)23(24)19-9-12-31-20(14-19)7-11-28-31/h7-14,16H,4-6,15,26H2,1-3H3,(H2,29,30,32)/b22-8+,27-10?. The van der Waals surface area contributed by atoms with Crippen molar-refractivity contribution in [3.05, 3.63) is 64.5 Å². The molecule has 4 N–H and O–H groups in total. The van der Waals surface area contributed by atoms with E-state index >= 15 is 0 Å². The highest BCUT2D eigenvalue weighted by Crippen LogP contribution is 2.40. The second kappa shape index (κ2) is 10.2. The van der Waals surface area contributed by atoms with Gasteiger partial charge in [-0.05, 0) is 78.6 Å². The molecule has 0 spiro atoms. The Labute approximate surface area is 201 Å². The number of fused-ring (bicyclic) bond motifs is 2. The third-order valence-corrected chi connectivity index (χ3v) is 6.67. The second-order valence-electron chi connectivity index (χ2n) is 8.85. The molecular formula is C25H30N6O2S. The lowest BCUT2D eigenvalue weighted by Crippen LogP contribution is -2.33. The van der Waals surface area contributed by atoms with Gasteiger partial charge in [0, 0.05) is 30.7 Å². The molecule has 0 bridgehead atoms. The summed E-state index contributed by atoms with van der Waals surface area (Å²) >= 11 is 0. The van der Waals surface area contributed by atoms with Crippen LogP contribution in [0.5, 0.6) is 0 Å². The molecule has 0 saturated carbocycles. The molecule has 1 unspecified atom stereocenters. The lowest BCUT2D eigenvalue weighted by Gasteiger charge is -2.19. The fourth-order valence-electron chi connectivity index (χ4n) is 4.22. The van der Waals surface area contributed by atoms with Crippen molar-refractivity contribution in [2.75, 3.05) is 11.9 Å². The van der Waals surface area contributed by atoms with Gasteiger partial charge in [0.05, 0.1) is 11.2 Å². The van der Waals surface area contributed by atoms with Crippen LogP contribution in [0.15, 0.2) is 52.8 Å². The average molecular weight is 479 g/mol. The minimum Gasteiger partial charge on any atom is -0.390 e. The van der Waals surface area contributed by atoms with E-state index in [1.807, 2.05) is 25.3 Å². The van der Waals surface area contributed by atoms with E-state index < -0.39 is 17.0 Å². The van der Waals surface area contributed by atoms with Gasteiger partial charge in [-0.15, -0.1) is 0 Å². The largest absolute Gasteiger partial charge is 0.390 e. The molecule has 178 valence electrons. The number of nitrogens with zero attached hydrogens (tertiary/aromatic N) is 3. The summed E-state index contributed by atoms with van der Waals surface area (Å²) < 4.78 is 16.8. The Morgan fingerprint density at radius 3 is 2.94 bits per heavy atom. The first-order chi connectivity index (χ1) is 16.3. The minimum absolute atomic E-state index is 0.0311. The Hall–Kier alpha value is -3.46. The maximum absolute atomic E-state index is 12.9. The molecule has 3 aromatic rings. The lowest BCUT2D eigenvalue weighted by atomic mass is 9.93. The SMILES string of the molecule is Cc1cc2c(c(NC(=O)NS(=O)/C(N)=C/C=NCC(C)C)c1-c1ccn3nccc3c1)CCC2. The van der Waals surface area contributed by atoms with E-state index in [9.17, 15) is 9.00 Å². The van der Waals surface area contributed by atoms with Gasteiger partial charge in [0.1, 0.15) is 5.03 Å². The first-order valence-electron chi connectivity index (χ1n) is 11.4. The molecule has 4 rings (SSSR count). The number of aliphatic imine (C=N–C) groups is 1. The van der Waals surface area contributed by atoms with Crippen LogP contribution < -0.4 is 15.8 Å². The average Bonchev–Trinajstić information content (AvgIpc) is 3.45. The van der Waals surface area contributed by atoms with Gasteiger partial charge in [-0.3, -0.25) is 9.71 Å². The van der Waals surface area contributed by atoms with Crippen LogP contribution in [-0.2, 0) is 23.8 Å². The van der Waals surface area contributed by atoms with Crippen molar-refractivity contribution in [2.24, 2.45) is 16.6 Å². The molecule has 2 heterocycles. The summed E-state index contributed by atoms with van der Waals surface area (Å²) in [5, 5.41) is 7.27. The number of pyridine rings is 1. The number of hydrogen-bond acceptors (Lipinski definition) is 5. The fraction of sp³-hybridized carbons (Fsp3) is 0.320. The van der Waals surface area contributed by atoms with Crippen LogP contribution >= 0.6 is 0 Å². The maximum atomic E-state index is 12.9. The number of benzene rings is 1. The third kappa shape index (κ3) is 5.20. The van der Waals surface area contributed by atoms with Crippen molar-refractivity contribution in [3.8, 4) is 11.1 Å². The molecule has 34 heavy (non-hydrogen) atoms. The molecular weight excluding hydrogens is 448 g/mol. The number of aryl methyl sites for hydroxylation is 2. The van der Waals surface area contributed by atoms with Crippen LogP contribution in [0.25, 0.3) is 16.6 Å². The van der Waals surface area contributed by atoms with E-state index in [1.54, 1.807) is 10.7 Å². The number of nitrogens with one attached hydrogen (secondary N) is 2. The molecule has 0 aliphatic heterocycles. The van der Waals surface area contributed by atoms with Crippen molar-refractivity contribution in [2.45, 2.75) is 40.0 Å². The second-order valence-corrected chi connectivity index (χ2v) is 10.1. The predicted molar refractivity (Wildman–Crippen MR) is 138 cm³/mol. The number of carbonyl (C=O) groups is 1. The highest BCUT2D eigenvalue weighted by Gasteiger charge is 2.23. The molecule has 1 atom stereocenters. The molecule has 2 aromatic heterocycles. The Bertz CT molecular complexity index is 1310. The highest BCUT2D eigenvalue weighted by atomic mass is 32.2. The van der Waals surface area contributed by atoms with E-state index in [-0.39, 0.29) is 5.03 Å². The maximum Gasteiger partial charge on any atom is 0.331 e. The number of anilines is 1. The number of urea groups is 1. The van der Waals surface area contributed by atoms with Gasteiger partial charge in [-0.25, -0.2) is 13.5 Å². The Morgan fingerprint density at radius 2 is 2.15 bits per heavy atom. The number of carbonyl (C=O) groups excluding carboxylic acids is 1. The zero-order valence-electron chi connectivity index (χ0n) is 19.7. The van der Waals surface area contributed by atoms with Crippen LogP contribution in [0.1, 0.15) is 37.0 Å². The molecule has 1 aromatic carbocycles. The summed E-state index contributed by atoms with van der Waals surface area (Å²) in [5.41, 5.74) is 13.0. The summed E-state index contributed by atoms with van der Waals surface area (Å²) in [4.78, 5) is 17.1. The fourth-order valence-corrected chi connectivity index (χ4v) is 4.74. The zero-order valence-corrected chi connectivity index (χ0v) is 20.5. The quantitative estimate of drug-likeness (QED) is 0.443. The van der Waals surface area contributed by atoms with Gasteiger partial charge in [0.2, 0.25) is 0 Å². The van der Waals surface area contributed by atoms with Crippen LogP contribution in [0.3, 0.4) is 0 Å². The van der Waals surface area contributed by atoms with Gasteiger partial charge >= 0.3 is 6.03 Å². The number of nitrogens with two attached hydrogens (primary N) is 1. The van der Waals surface area contributed by atoms with Crippen LogP contribution in [0, 0.1) is 12.8 Å². The first-order valence-corrected chi connectivity index (χ1v) is 12.5. The van der Waals surface area contributed by atoms with Crippen molar-refractivity contribution < 1.29 is 9.00 Å². The number of aromatic nitrogens is 2. The minimum atomic E-state index is -1.88. The van der Waals surface area contributed by atoms with Crippen molar-refractivity contribution in [1.29, 1.82) is 0 Å². The monoisotopic (exact) mass is 478 g/mol. The first kappa shape index (κ1) is 23.7. The molecule has 1 aliphatic rings. The van der Waals surface area contributed by atoms with E-state index in [2.05, 4.69) is 46.1 Å². The highest BCUT2D eigenvalue weighted by molar-refractivity contribution is 7.87. The number of allylic oxidation sites excluding steroid dienone is 1. The number of rotatable bonds is 7. The van der Waals surface area contributed by atoms with E-state index in [1.165, 1.54) is 17.9 Å². The molecule has 8 nitrogen and oxygen atoms in total. The van der Waals surface area contributed by atoms with Crippen LogP contribution in [-0.4, -0.2) is 32.6 Å². The Morgan fingerprint density at radius 1 is 1.32 bits per heavy atom. The Kier molecular flexibility index (Phi) is 7.12. The van der Waals surface area contributed by atoms with E-state index in [4.69, 9.17) is 5.73 Å². The summed E-state index contributed by atoms with van der Waals surface area (Å²) in [6.07, 6.45) is 9.52. The summed E-state index contributed by atoms with van der Waals surface area (Å²) in [7, 11) is -1.88. The summed E-state index contributed by atoms with van der Waals surface area (Å²) in [6.45, 7) is 6.81. The molecule has 9 heteroatoms. The normalized spacial score (nSPS) is 14.6. The van der Waals surface area contributed by atoms with Gasteiger partial charge in [-0.2, -0.15) is 5.10 Å². The summed E-state index contributed by atoms with van der Waals surface area (Å²) in [6, 6.07) is 7.61. The smallest absolute Gasteiger partial charge is 0.331 e. The number of amides is 2. The van der Waals surface area contributed by atoms with Gasteiger partial charge in [0.25, 0.3) is 0 Å². The predicted octanol–water partition coefficient (Wildman–Crippen LogP) is 4.11. The van der Waals surface area contributed by atoms with Gasteiger partial charge < -0.3 is 11.1 Å². The van der Waals surface area contributed by atoms with E-state index in [0.29, 0.717) is 12.5 Å². The Balaban J connectivity index is 1.60. The van der Waals surface area contributed by atoms with Gasteiger partial charge in [-0.1, -0.05) is 19.9 Å². The van der Waals surface area contributed by atoms with Crippen molar-refractivity contribution in [1.82, 2.24) is 14.3 Å².